The van der Waals surface area contributed by atoms with Gasteiger partial charge in [-0.3, -0.25) is 10.1 Å². The molecule has 1 amide bonds. The molecule has 1 aliphatic rings. The van der Waals surface area contributed by atoms with Gasteiger partial charge in [0.25, 0.3) is 5.91 Å². The lowest BCUT2D eigenvalue weighted by Crippen LogP contribution is -2.31. The number of nitrogens with one attached hydrogen (secondary N) is 1. The molecule has 0 radical (unpaired) electrons. The Bertz CT molecular complexity index is 1600. The Balaban J connectivity index is 1.22. The van der Waals surface area contributed by atoms with E-state index >= 15 is 0 Å². The van der Waals surface area contributed by atoms with E-state index in [-0.39, 0.29) is 17.3 Å². The highest BCUT2D eigenvalue weighted by Crippen LogP contribution is 2.40. The van der Waals surface area contributed by atoms with Crippen LogP contribution in [-0.2, 0) is 11.3 Å². The number of hydrogen-bond donors (Lipinski definition) is 2. The third-order valence-corrected chi connectivity index (χ3v) is 7.68. The number of likely N-dealkylation sites (N-methyl/N-ethyl adjacent to an activating group) is 1. The molecule has 0 saturated heterocycles. The van der Waals surface area contributed by atoms with E-state index in [1.54, 1.807) is 47.9 Å². The van der Waals surface area contributed by atoms with Crippen LogP contribution < -0.4 is 5.32 Å². The lowest BCUT2D eigenvalue weighted by molar-refractivity contribution is -0.114. The zero-order chi connectivity index (χ0) is 24.8. The molecule has 5 heterocycles. The smallest absolute Gasteiger partial charge is 0.277 e. The maximum atomic E-state index is 13.2. The number of nitrogens with zero attached hydrogens (tertiary/aromatic N) is 2. The lowest BCUT2D eigenvalue weighted by atomic mass is 10.1. The Kier molecular flexibility index (Phi) is 5.46. The Morgan fingerprint density at radius 2 is 1.94 bits per heavy atom. The monoisotopic (exact) mass is 519 g/mol. The van der Waals surface area contributed by atoms with Gasteiger partial charge < -0.3 is 18.8 Å². The third kappa shape index (κ3) is 4.00. The molecule has 6 rings (SSSR count). The van der Waals surface area contributed by atoms with Crippen LogP contribution in [0.15, 0.2) is 80.8 Å². The summed E-state index contributed by atoms with van der Waals surface area (Å²) in [4.78, 5) is 20.8. The van der Waals surface area contributed by atoms with Crippen LogP contribution in [0.5, 0.6) is 0 Å². The van der Waals surface area contributed by atoms with Gasteiger partial charge in [0.1, 0.15) is 28.7 Å². The van der Waals surface area contributed by atoms with E-state index in [2.05, 4.69) is 10.3 Å². The molecule has 7 nitrogen and oxygen atoms in total. The Morgan fingerprint density at radius 1 is 1.14 bits per heavy atom. The summed E-state index contributed by atoms with van der Waals surface area (Å²) in [5.74, 6) is 0.974. The summed E-state index contributed by atoms with van der Waals surface area (Å²) in [6.07, 6.45) is 1.60. The molecule has 0 atom stereocenters. The average molecular weight is 520 g/mol. The lowest BCUT2D eigenvalue weighted by Gasteiger charge is -2.26. The second kappa shape index (κ2) is 8.81. The van der Waals surface area contributed by atoms with Crippen molar-refractivity contribution in [2.45, 2.75) is 6.54 Å². The first kappa shape index (κ1) is 22.3. The fourth-order valence-electron chi connectivity index (χ4n) is 4.04. The molecule has 180 valence electrons. The van der Waals surface area contributed by atoms with Crippen LogP contribution in [0, 0.1) is 5.82 Å². The van der Waals surface area contributed by atoms with Crippen LogP contribution in [0.4, 0.5) is 9.52 Å². The Labute approximate surface area is 212 Å². The van der Waals surface area contributed by atoms with E-state index < -0.39 is 5.91 Å². The predicted octanol–water partition coefficient (Wildman–Crippen LogP) is 6.84. The van der Waals surface area contributed by atoms with Gasteiger partial charge in [-0.15, -0.1) is 22.7 Å². The number of fused-ring (bicyclic) bond motifs is 1. The van der Waals surface area contributed by atoms with Crippen LogP contribution in [0.3, 0.4) is 0 Å². The molecule has 0 unspecified atom stereocenters. The van der Waals surface area contributed by atoms with Crippen molar-refractivity contribution >= 4 is 39.5 Å². The number of aliphatic hydroxyl groups is 1. The highest BCUT2D eigenvalue weighted by Gasteiger charge is 2.30. The molecule has 1 aromatic carbocycles. The maximum Gasteiger partial charge on any atom is 0.277 e. The van der Waals surface area contributed by atoms with Crippen LogP contribution in [0.2, 0.25) is 0 Å². The number of hydrogen-bond acceptors (Lipinski definition) is 8. The maximum absolute atomic E-state index is 13.2. The van der Waals surface area contributed by atoms with Gasteiger partial charge in [-0.1, -0.05) is 0 Å². The number of carbonyl (C=O) groups excluding carboxylic acids is 1. The summed E-state index contributed by atoms with van der Waals surface area (Å²) in [7, 11) is 1.76. The minimum Gasteiger partial charge on any atom is -0.504 e. The number of anilines is 1. The molecule has 0 bridgehead atoms. The van der Waals surface area contributed by atoms with E-state index in [1.807, 2.05) is 18.2 Å². The van der Waals surface area contributed by atoms with Gasteiger partial charge in [0.15, 0.2) is 16.7 Å². The minimum atomic E-state index is -0.457. The summed E-state index contributed by atoms with van der Waals surface area (Å²) in [6.45, 7) is 0.473. The zero-order valence-corrected chi connectivity index (χ0v) is 20.5. The van der Waals surface area contributed by atoms with Gasteiger partial charge in [-0.05, 0) is 60.2 Å². The molecule has 10 heteroatoms. The van der Waals surface area contributed by atoms with Gasteiger partial charge in [0.2, 0.25) is 0 Å². The minimum absolute atomic E-state index is 0.0780. The first-order valence-electron chi connectivity index (χ1n) is 10.9. The topological polar surface area (TPSA) is 91.7 Å². The normalized spacial score (nSPS) is 13.2. The van der Waals surface area contributed by atoms with Crippen molar-refractivity contribution in [3.05, 3.63) is 88.2 Å². The van der Waals surface area contributed by atoms with Gasteiger partial charge in [-0.2, -0.15) is 0 Å². The van der Waals surface area contributed by atoms with E-state index in [0.717, 1.165) is 16.0 Å². The number of thiophene rings is 1. The summed E-state index contributed by atoms with van der Waals surface area (Å²) < 4.78 is 24.6. The van der Waals surface area contributed by atoms with E-state index in [0.29, 0.717) is 39.5 Å². The molecule has 0 fully saturated rings. The van der Waals surface area contributed by atoms with E-state index in [1.165, 1.54) is 34.8 Å². The zero-order valence-electron chi connectivity index (χ0n) is 18.8. The second-order valence-electron chi connectivity index (χ2n) is 8.16. The number of furan rings is 2. The van der Waals surface area contributed by atoms with Gasteiger partial charge in [0, 0.05) is 24.5 Å². The number of aliphatic hydroxyl groups excluding tert-OH is 1. The average Bonchev–Trinajstić information content (AvgIpc) is 3.65. The molecule has 0 saturated carbocycles. The summed E-state index contributed by atoms with van der Waals surface area (Å²) in [5.41, 5.74) is 2.40. The summed E-state index contributed by atoms with van der Waals surface area (Å²) >= 11 is 2.63. The number of amides is 1. The number of rotatable bonds is 5. The van der Waals surface area contributed by atoms with Gasteiger partial charge in [-0.25, -0.2) is 9.37 Å². The number of carbonyl (C=O) groups is 1. The molecule has 0 aliphatic carbocycles. The van der Waals surface area contributed by atoms with Crippen molar-refractivity contribution in [2.24, 2.45) is 0 Å². The van der Waals surface area contributed by atoms with Crippen LogP contribution in [0.25, 0.3) is 39.2 Å². The van der Waals surface area contributed by atoms with E-state index in [9.17, 15) is 14.3 Å². The Hall–Kier alpha value is -4.15. The molecule has 2 N–H and O–H groups in total. The van der Waals surface area contributed by atoms with Gasteiger partial charge in [0.05, 0.1) is 16.0 Å². The number of benzene rings is 1. The molecule has 36 heavy (non-hydrogen) atoms. The standard InChI is InChI=1S/C26H18FN3O4S2/c1-30-12-15-11-21(20-3-2-10-33-20)36-24(15)23(31)22(30)25(32)29-26-28-17(13-35-26)19-9-8-18(34-19)14-4-6-16(27)7-5-14/h2-11,13,31H,12H2,1H3,(H,28,29,32). The first-order valence-corrected chi connectivity index (χ1v) is 12.6. The quantitative estimate of drug-likeness (QED) is 0.264. The number of aromatic nitrogens is 1. The molecule has 5 aromatic rings. The summed E-state index contributed by atoms with van der Waals surface area (Å²) in [5, 5.41) is 15.9. The number of halogens is 1. The van der Waals surface area contributed by atoms with Crippen molar-refractivity contribution in [3.63, 3.8) is 0 Å². The van der Waals surface area contributed by atoms with E-state index in [4.69, 9.17) is 8.83 Å². The van der Waals surface area contributed by atoms with Crippen molar-refractivity contribution < 1.29 is 23.1 Å². The second-order valence-corrected chi connectivity index (χ2v) is 10.1. The largest absolute Gasteiger partial charge is 0.504 e. The van der Waals surface area contributed by atoms with Gasteiger partial charge >= 0.3 is 0 Å². The fraction of sp³-hybridized carbons (Fsp3) is 0.0769. The molecular formula is C26H18FN3O4S2. The number of thiazole rings is 1. The highest BCUT2D eigenvalue weighted by atomic mass is 32.1. The molecule has 0 spiro atoms. The highest BCUT2D eigenvalue weighted by molar-refractivity contribution is 7.16. The third-order valence-electron chi connectivity index (χ3n) is 5.73. The van der Waals surface area contributed by atoms with Crippen molar-refractivity contribution in [1.82, 2.24) is 9.88 Å². The van der Waals surface area contributed by atoms with Crippen molar-refractivity contribution in [1.29, 1.82) is 0 Å². The van der Waals surface area contributed by atoms with Crippen LogP contribution >= 0.6 is 22.7 Å². The van der Waals surface area contributed by atoms with Crippen molar-refractivity contribution in [2.75, 3.05) is 12.4 Å². The SMILES string of the molecule is CN1Cc2cc(-c3ccco3)sc2C(O)=C1C(=O)Nc1nc(-c2ccc(-c3ccc(F)cc3)o2)cs1. The molecule has 1 aliphatic heterocycles. The Morgan fingerprint density at radius 3 is 2.72 bits per heavy atom. The fourth-order valence-corrected chi connectivity index (χ4v) is 5.82. The van der Waals surface area contributed by atoms with Crippen LogP contribution in [0.1, 0.15) is 10.4 Å². The van der Waals surface area contributed by atoms with Crippen LogP contribution in [-0.4, -0.2) is 27.9 Å². The predicted molar refractivity (Wildman–Crippen MR) is 137 cm³/mol. The molecular weight excluding hydrogens is 501 g/mol. The first-order chi connectivity index (χ1) is 17.5. The summed E-state index contributed by atoms with van der Waals surface area (Å²) in [6, 6.07) is 15.2. The van der Waals surface area contributed by atoms with Crippen molar-refractivity contribution in [3.8, 4) is 33.4 Å². The molecule has 4 aromatic heterocycles.